The third-order valence-corrected chi connectivity index (χ3v) is 25.8. The van der Waals surface area contributed by atoms with Crippen LogP contribution >= 0.6 is 0 Å². The van der Waals surface area contributed by atoms with E-state index in [2.05, 4.69) is 0 Å². The van der Waals surface area contributed by atoms with Crippen molar-refractivity contribution >= 4 is 71.6 Å². The highest BCUT2D eigenvalue weighted by atomic mass is 19.4. The van der Waals surface area contributed by atoms with E-state index in [1.165, 1.54) is 26.7 Å². The molecule has 0 spiro atoms. The van der Waals surface area contributed by atoms with Gasteiger partial charge in [-0.1, -0.05) is 67.2 Å². The normalized spacial score (nSPS) is 31.9. The van der Waals surface area contributed by atoms with Crippen LogP contribution in [-0.2, 0) is 119 Å². The topological polar surface area (TPSA) is 325 Å². The van der Waals surface area contributed by atoms with Gasteiger partial charge in [0.2, 0.25) is 24.4 Å². The Bertz CT molecular complexity index is 3230. The van der Waals surface area contributed by atoms with Crippen molar-refractivity contribution in [1.29, 1.82) is 0 Å². The molecule has 28 heteroatoms. The van der Waals surface area contributed by atoms with E-state index in [1.807, 2.05) is 90.0 Å². The first-order valence-corrected chi connectivity index (χ1v) is 41.0. The zero-order valence-electron chi connectivity index (χ0n) is 69.0. The molecule has 0 N–H and O–H groups in total. The summed E-state index contributed by atoms with van der Waals surface area (Å²) in [5.41, 5.74) is -6.96. The van der Waals surface area contributed by atoms with Crippen molar-refractivity contribution in [3.8, 4) is 0 Å². The van der Waals surface area contributed by atoms with Crippen LogP contribution in [0.3, 0.4) is 0 Å². The van der Waals surface area contributed by atoms with Gasteiger partial charge in [0.25, 0.3) is 0 Å². The summed E-state index contributed by atoms with van der Waals surface area (Å²) >= 11 is 0. The van der Waals surface area contributed by atoms with Crippen LogP contribution < -0.4 is 0 Å². The van der Waals surface area contributed by atoms with Gasteiger partial charge in [-0.25, -0.2) is 28.8 Å². The quantitative estimate of drug-likeness (QED) is 0.0909. The molecule has 7 heterocycles. The second kappa shape index (κ2) is 37.8. The second-order valence-electron chi connectivity index (χ2n) is 35.9. The molecule has 18 unspecified atom stereocenters. The highest BCUT2D eigenvalue weighted by molar-refractivity contribution is 5.89. The number of fused-ring (bicyclic) bond motifs is 6. The van der Waals surface area contributed by atoms with E-state index < -0.39 is 111 Å². The highest BCUT2D eigenvalue weighted by Gasteiger charge is 2.76. The van der Waals surface area contributed by atoms with Crippen LogP contribution in [0.2, 0.25) is 0 Å². The van der Waals surface area contributed by atoms with E-state index in [0.29, 0.717) is 89.3 Å². The van der Waals surface area contributed by atoms with Gasteiger partial charge >= 0.3 is 83.4 Å². The van der Waals surface area contributed by atoms with Gasteiger partial charge in [-0.05, 0) is 212 Å². The van der Waals surface area contributed by atoms with E-state index in [1.54, 1.807) is 20.8 Å². The SMILES string of the molecule is CCC(C)(C)C(=O)OC1(C(F)(F)F)C(=O)OC2CCCC21.CCC(C)(C)C(=O)OC1C(=O)OC2CCCC21.CCC(C)(C)C(=O)OC1C(=O)OC2CCCCC21.CCC(C)(C)C(=O)OC1C(=O)OC2CCOC21.CCC(C)(C)C(=O)OC1C(=O)OCC2CCCCC21.CCC(C)(C)C(=O)OC1CC2CCCCC2OC1=O. The average Bonchev–Trinajstić information content (AvgIpc) is 1.57. The molecule has 12 rings (SSSR count). The number of rotatable bonds is 18. The highest BCUT2D eigenvalue weighted by Crippen LogP contribution is 2.54. The predicted octanol–water partition coefficient (Wildman–Crippen LogP) is 14.1. The van der Waals surface area contributed by atoms with Gasteiger partial charge in [0.1, 0.15) is 36.6 Å². The summed E-state index contributed by atoms with van der Waals surface area (Å²) < 4.78 is 109. The van der Waals surface area contributed by atoms with Crippen LogP contribution in [0.25, 0.3) is 0 Å². The Morgan fingerprint density at radius 3 is 1.22 bits per heavy atom. The minimum absolute atomic E-state index is 0.0231. The van der Waals surface area contributed by atoms with Crippen LogP contribution in [0.5, 0.6) is 0 Å². The van der Waals surface area contributed by atoms with Crippen LogP contribution in [0.15, 0.2) is 0 Å². The Morgan fingerprint density at radius 1 is 0.369 bits per heavy atom. The van der Waals surface area contributed by atoms with Gasteiger partial charge < -0.3 is 61.6 Å². The lowest BCUT2D eigenvalue weighted by atomic mass is 9.75. The van der Waals surface area contributed by atoms with Gasteiger partial charge in [-0.15, -0.1) is 0 Å². The lowest BCUT2D eigenvalue weighted by molar-refractivity contribution is -0.274. The monoisotopic (exact) mass is 1580 g/mol. The third kappa shape index (κ3) is 21.7. The summed E-state index contributed by atoms with van der Waals surface area (Å²) in [7, 11) is 0. The third-order valence-electron chi connectivity index (χ3n) is 25.8. The maximum atomic E-state index is 13.6. The lowest BCUT2D eigenvalue weighted by Crippen LogP contribution is -2.58. The van der Waals surface area contributed by atoms with Crippen molar-refractivity contribution in [3.63, 3.8) is 0 Å². The van der Waals surface area contributed by atoms with Crippen molar-refractivity contribution < 1.29 is 132 Å². The summed E-state index contributed by atoms with van der Waals surface area (Å²) in [6, 6.07) is 0. The van der Waals surface area contributed by atoms with E-state index in [-0.39, 0.29) is 102 Å². The number of alkyl halides is 3. The largest absolute Gasteiger partial charge is 0.463 e. The van der Waals surface area contributed by atoms with Crippen molar-refractivity contribution in [2.24, 2.45) is 68.0 Å². The second-order valence-corrected chi connectivity index (χ2v) is 35.9. The molecule has 630 valence electrons. The van der Waals surface area contributed by atoms with Crippen LogP contribution in [-0.4, -0.2) is 164 Å². The predicted molar refractivity (Wildman–Crippen MR) is 392 cm³/mol. The molecule has 25 nitrogen and oxygen atoms in total. The van der Waals surface area contributed by atoms with Gasteiger partial charge in [0.05, 0.1) is 51.6 Å². The van der Waals surface area contributed by atoms with Gasteiger partial charge in [-0.3, -0.25) is 28.8 Å². The fourth-order valence-electron chi connectivity index (χ4n) is 15.2. The first kappa shape index (κ1) is 91.6. The standard InChI is InChI=1S/2C15H24O4.C14H19F3O4.C14H22O4.C13H20O4.C12H18O5/c1-4-15(2,3)14(17)19-12-11-8-6-5-7-10(11)9-18-13(12)16;1-4-15(2,3)14(17)19-12-9-10-7-5-6-8-11(10)18-13(12)16;1-4-12(2,3)10(18)21-13(14(15,16)17)8-6-5-7-9(8)20-11(13)19;1-4-14(2,3)13(16)18-11-9-7-5-6-8-10(9)17-12(11)15;1-4-13(2,3)12(15)17-10-8-6-5-7-9(8)16-11(10)14;1-4-12(2,3)11(14)17-9-8-7(5-6-15-8)16-10(9)13/h2*10-12H,4-9H2,1-3H3;8-9H,4-7H2,1-3H3;9-11H,4-8H2,1-3H3;8-10H,4-7H2,1-3H3;7-9H,4-6H2,1-3H3. The summed E-state index contributed by atoms with van der Waals surface area (Å²) in [5, 5.41) is 0. The summed E-state index contributed by atoms with van der Waals surface area (Å²) in [6.45, 7) is 33.7. The maximum Gasteiger partial charge on any atom is 0.440 e. The number of carbonyl (C=O) groups is 12. The molecule has 0 aromatic heterocycles. The lowest BCUT2D eigenvalue weighted by Gasteiger charge is -2.39. The van der Waals surface area contributed by atoms with Gasteiger partial charge in [0, 0.05) is 42.4 Å². The number of cyclic esters (lactones) is 1. The van der Waals surface area contributed by atoms with E-state index in [4.69, 9.17) is 61.6 Å². The summed E-state index contributed by atoms with van der Waals surface area (Å²) in [6.07, 6.45) is 11.6. The summed E-state index contributed by atoms with van der Waals surface area (Å²) in [5.74, 6) is -6.06. The molecule has 0 radical (unpaired) electrons. The van der Waals surface area contributed by atoms with Crippen LogP contribution in [0.4, 0.5) is 13.2 Å². The molecule has 0 bridgehead atoms. The van der Waals surface area contributed by atoms with Crippen molar-refractivity contribution in [2.45, 2.75) is 370 Å². The molecule has 0 aromatic rings. The number of esters is 12. The number of carbonyl (C=O) groups excluding carboxylic acids is 12. The molecule has 5 aliphatic carbocycles. The molecule has 7 aliphatic heterocycles. The Labute approximate surface area is 653 Å². The average molecular weight is 1580 g/mol. The Balaban J connectivity index is 0.000000185. The smallest absolute Gasteiger partial charge is 0.440 e. The molecule has 0 aromatic carbocycles. The number of hydrogen-bond acceptors (Lipinski definition) is 25. The van der Waals surface area contributed by atoms with Crippen molar-refractivity contribution in [2.75, 3.05) is 13.2 Å². The maximum absolute atomic E-state index is 13.6. The van der Waals surface area contributed by atoms with E-state index in [9.17, 15) is 70.7 Å². The van der Waals surface area contributed by atoms with E-state index in [0.717, 1.165) is 83.5 Å². The molecule has 12 fully saturated rings. The van der Waals surface area contributed by atoms with Crippen molar-refractivity contribution in [3.05, 3.63) is 0 Å². The molecule has 111 heavy (non-hydrogen) atoms. The molecule has 12 aliphatic rings. The molecular formula is C83H127F3O25. The Morgan fingerprint density at radius 2 is 0.730 bits per heavy atom. The van der Waals surface area contributed by atoms with Crippen molar-refractivity contribution in [1.82, 2.24) is 0 Å². The zero-order valence-corrected chi connectivity index (χ0v) is 69.0. The number of halogens is 3. The first-order chi connectivity index (χ1) is 51.8. The molecule has 18 atom stereocenters. The number of ether oxygens (including phenoxy) is 13. The first-order valence-electron chi connectivity index (χ1n) is 41.0. The van der Waals surface area contributed by atoms with Crippen LogP contribution in [0, 0.1) is 68.0 Å². The number of hydrogen-bond donors (Lipinski definition) is 0. The fourth-order valence-corrected chi connectivity index (χ4v) is 15.2. The molecule has 5 saturated carbocycles. The van der Waals surface area contributed by atoms with Gasteiger partial charge in [-0.2, -0.15) is 13.2 Å². The summed E-state index contributed by atoms with van der Waals surface area (Å²) in [4.78, 5) is 143. The van der Waals surface area contributed by atoms with Crippen LogP contribution in [0.1, 0.15) is 292 Å². The molecular weight excluding hydrogens is 1450 g/mol. The van der Waals surface area contributed by atoms with Gasteiger partial charge in [0.15, 0.2) is 6.10 Å². The molecule has 7 saturated heterocycles. The zero-order chi connectivity index (χ0) is 82.7. The Hall–Kier alpha value is -6.61. The minimum Gasteiger partial charge on any atom is -0.463 e. The van der Waals surface area contributed by atoms with E-state index >= 15 is 0 Å². The fraction of sp³-hybridized carbons (Fsp3) is 0.855. The molecule has 0 amide bonds. The minimum atomic E-state index is -4.98. The Kier molecular flexibility index (Phi) is 31.2.